The van der Waals surface area contributed by atoms with Gasteiger partial charge in [-0.3, -0.25) is 4.79 Å². The Morgan fingerprint density at radius 1 is 1.40 bits per heavy atom. The number of likely N-dealkylation sites (tertiary alicyclic amines) is 1. The van der Waals surface area contributed by atoms with Crippen molar-refractivity contribution >= 4 is 11.9 Å². The number of piperidine rings is 1. The van der Waals surface area contributed by atoms with Gasteiger partial charge in [0.15, 0.2) is 17.8 Å². The second-order valence-corrected chi connectivity index (χ2v) is 5.39. The fourth-order valence-electron chi connectivity index (χ4n) is 3.02. The van der Waals surface area contributed by atoms with Crippen molar-refractivity contribution in [3.05, 3.63) is 29.7 Å². The number of likely N-dealkylation sites (N-methyl/N-ethyl adjacent to an activating group) is 1. The van der Waals surface area contributed by atoms with Crippen LogP contribution in [0.15, 0.2) is 18.3 Å². The number of hydrogen-bond acceptors (Lipinski definition) is 4. The summed E-state index contributed by atoms with van der Waals surface area (Å²) in [7, 11) is 0. The lowest BCUT2D eigenvalue weighted by molar-refractivity contribution is 0.112. The third kappa shape index (κ3) is 2.58. The molecule has 20 heavy (non-hydrogen) atoms. The van der Waals surface area contributed by atoms with Crippen LogP contribution in [0.1, 0.15) is 42.4 Å². The van der Waals surface area contributed by atoms with Crippen LogP contribution in [0.25, 0.3) is 5.65 Å². The Hall–Kier alpha value is -1.75. The van der Waals surface area contributed by atoms with E-state index in [1.165, 1.54) is 25.8 Å². The van der Waals surface area contributed by atoms with E-state index in [1.54, 1.807) is 16.8 Å². The van der Waals surface area contributed by atoms with Gasteiger partial charge in [-0.1, -0.05) is 13.3 Å². The van der Waals surface area contributed by atoms with E-state index in [2.05, 4.69) is 21.9 Å². The van der Waals surface area contributed by atoms with Crippen molar-refractivity contribution < 1.29 is 4.79 Å². The summed E-state index contributed by atoms with van der Waals surface area (Å²) < 4.78 is 1.71. The van der Waals surface area contributed by atoms with Gasteiger partial charge in [0.05, 0.1) is 0 Å². The van der Waals surface area contributed by atoms with E-state index in [-0.39, 0.29) is 0 Å². The predicted octanol–water partition coefficient (Wildman–Crippen LogP) is 1.96. The van der Waals surface area contributed by atoms with Crippen molar-refractivity contribution in [1.82, 2.24) is 19.5 Å². The van der Waals surface area contributed by atoms with Crippen molar-refractivity contribution in [2.24, 2.45) is 0 Å². The molecule has 0 aliphatic carbocycles. The van der Waals surface area contributed by atoms with Crippen LogP contribution in [0.2, 0.25) is 0 Å². The maximum atomic E-state index is 10.8. The van der Waals surface area contributed by atoms with Crippen LogP contribution in [0.5, 0.6) is 0 Å². The second-order valence-electron chi connectivity index (χ2n) is 5.39. The summed E-state index contributed by atoms with van der Waals surface area (Å²) in [4.78, 5) is 17.9. The van der Waals surface area contributed by atoms with E-state index in [9.17, 15) is 4.79 Å². The van der Waals surface area contributed by atoms with Gasteiger partial charge >= 0.3 is 0 Å². The number of carbonyl (C=O) groups is 1. The molecular weight excluding hydrogens is 252 g/mol. The van der Waals surface area contributed by atoms with Crippen molar-refractivity contribution in [2.45, 2.75) is 38.6 Å². The molecule has 1 aliphatic heterocycles. The summed E-state index contributed by atoms with van der Waals surface area (Å²) in [6.07, 6.45) is 7.28. The molecular formula is C15H20N4O. The average molecular weight is 272 g/mol. The van der Waals surface area contributed by atoms with Crippen molar-refractivity contribution in [3.63, 3.8) is 0 Å². The quantitative estimate of drug-likeness (QED) is 0.798. The molecule has 1 unspecified atom stereocenters. The topological polar surface area (TPSA) is 50.5 Å². The Kier molecular flexibility index (Phi) is 3.78. The average Bonchev–Trinajstić information content (AvgIpc) is 2.89. The Bertz CT molecular complexity index is 607. The number of aldehydes is 1. The monoisotopic (exact) mass is 272 g/mol. The molecule has 5 heteroatoms. The molecule has 2 aromatic rings. The van der Waals surface area contributed by atoms with Crippen LogP contribution in [0.3, 0.4) is 0 Å². The number of rotatable bonds is 4. The molecule has 3 rings (SSSR count). The lowest BCUT2D eigenvalue weighted by atomic mass is 9.99. The number of carbonyl (C=O) groups excluding carboxylic acids is 1. The number of nitrogens with zero attached hydrogens (tertiary/aromatic N) is 4. The van der Waals surface area contributed by atoms with Gasteiger partial charge in [-0.05, 0) is 38.1 Å². The summed E-state index contributed by atoms with van der Waals surface area (Å²) in [5.41, 5.74) is 1.44. The highest BCUT2D eigenvalue weighted by molar-refractivity contribution is 5.74. The molecule has 0 saturated carbocycles. The molecule has 0 spiro atoms. The summed E-state index contributed by atoms with van der Waals surface area (Å²) >= 11 is 0. The SMILES string of the molecule is CCN1CCCCC1Cc1nc2ccc(C=O)cn2n1. The first-order chi connectivity index (χ1) is 9.80. The van der Waals surface area contributed by atoms with Crippen molar-refractivity contribution in [3.8, 4) is 0 Å². The van der Waals surface area contributed by atoms with E-state index >= 15 is 0 Å². The fraction of sp³-hybridized carbons (Fsp3) is 0.533. The van der Waals surface area contributed by atoms with Crippen molar-refractivity contribution in [2.75, 3.05) is 13.1 Å². The van der Waals surface area contributed by atoms with Gasteiger partial charge in [0, 0.05) is 24.2 Å². The zero-order valence-electron chi connectivity index (χ0n) is 11.8. The maximum Gasteiger partial charge on any atom is 0.155 e. The highest BCUT2D eigenvalue weighted by atomic mass is 16.1. The van der Waals surface area contributed by atoms with Gasteiger partial charge in [-0.2, -0.15) is 5.10 Å². The molecule has 1 saturated heterocycles. The van der Waals surface area contributed by atoms with E-state index in [4.69, 9.17) is 0 Å². The Labute approximate surface area is 118 Å². The standard InChI is InChI=1S/C15H20N4O/c1-2-18-8-4-3-5-13(18)9-14-16-15-7-6-12(11-20)10-19(15)17-14/h6-7,10-11,13H,2-5,8-9H2,1H3. The van der Waals surface area contributed by atoms with Gasteiger partial charge < -0.3 is 4.90 Å². The largest absolute Gasteiger partial charge is 0.300 e. The van der Waals surface area contributed by atoms with Crippen LogP contribution in [0.4, 0.5) is 0 Å². The smallest absolute Gasteiger partial charge is 0.155 e. The first-order valence-corrected chi connectivity index (χ1v) is 7.34. The molecule has 1 aliphatic rings. The third-order valence-corrected chi connectivity index (χ3v) is 4.11. The minimum atomic E-state index is 0.553. The Morgan fingerprint density at radius 2 is 2.30 bits per heavy atom. The molecule has 0 N–H and O–H groups in total. The molecule has 0 aromatic carbocycles. The highest BCUT2D eigenvalue weighted by Crippen LogP contribution is 2.19. The molecule has 106 valence electrons. The second kappa shape index (κ2) is 5.71. The minimum Gasteiger partial charge on any atom is -0.300 e. The molecule has 5 nitrogen and oxygen atoms in total. The summed E-state index contributed by atoms with van der Waals surface area (Å²) in [5, 5.41) is 4.50. The normalized spacial score (nSPS) is 20.4. The van der Waals surface area contributed by atoms with E-state index in [0.29, 0.717) is 11.6 Å². The first kappa shape index (κ1) is 13.2. The lowest BCUT2D eigenvalue weighted by Gasteiger charge is -2.34. The molecule has 2 aromatic heterocycles. The van der Waals surface area contributed by atoms with E-state index in [0.717, 1.165) is 30.7 Å². The zero-order chi connectivity index (χ0) is 13.9. The molecule has 0 amide bonds. The van der Waals surface area contributed by atoms with Crippen LogP contribution >= 0.6 is 0 Å². The molecule has 1 atom stereocenters. The van der Waals surface area contributed by atoms with Crippen LogP contribution in [-0.2, 0) is 6.42 Å². The number of hydrogen-bond donors (Lipinski definition) is 0. The summed E-state index contributed by atoms with van der Waals surface area (Å²) in [6.45, 7) is 4.49. The fourth-order valence-corrected chi connectivity index (χ4v) is 3.02. The van der Waals surface area contributed by atoms with Crippen LogP contribution < -0.4 is 0 Å². The number of aromatic nitrogens is 3. The van der Waals surface area contributed by atoms with Gasteiger partial charge in [-0.25, -0.2) is 9.50 Å². The number of pyridine rings is 1. The molecule has 1 fully saturated rings. The summed E-state index contributed by atoms with van der Waals surface area (Å²) in [5.74, 6) is 0.874. The highest BCUT2D eigenvalue weighted by Gasteiger charge is 2.22. The van der Waals surface area contributed by atoms with E-state index < -0.39 is 0 Å². The maximum absolute atomic E-state index is 10.8. The third-order valence-electron chi connectivity index (χ3n) is 4.11. The Balaban J connectivity index is 1.81. The van der Waals surface area contributed by atoms with Crippen LogP contribution in [-0.4, -0.2) is 44.9 Å². The molecule has 0 bridgehead atoms. The minimum absolute atomic E-state index is 0.553. The Morgan fingerprint density at radius 3 is 3.10 bits per heavy atom. The molecule has 3 heterocycles. The molecule has 0 radical (unpaired) electrons. The van der Waals surface area contributed by atoms with E-state index in [1.807, 2.05) is 6.07 Å². The van der Waals surface area contributed by atoms with Crippen LogP contribution in [0, 0.1) is 0 Å². The van der Waals surface area contributed by atoms with Gasteiger partial charge in [0.25, 0.3) is 0 Å². The predicted molar refractivity (Wildman–Crippen MR) is 77.0 cm³/mol. The van der Waals surface area contributed by atoms with Gasteiger partial charge in [0.2, 0.25) is 0 Å². The lowest BCUT2D eigenvalue weighted by Crippen LogP contribution is -2.40. The summed E-state index contributed by atoms with van der Waals surface area (Å²) in [6, 6.07) is 4.18. The van der Waals surface area contributed by atoms with Gasteiger partial charge in [0.1, 0.15) is 0 Å². The van der Waals surface area contributed by atoms with Gasteiger partial charge in [-0.15, -0.1) is 0 Å². The number of fused-ring (bicyclic) bond motifs is 1. The zero-order valence-corrected chi connectivity index (χ0v) is 11.8. The first-order valence-electron chi connectivity index (χ1n) is 7.34. The van der Waals surface area contributed by atoms with Crippen molar-refractivity contribution in [1.29, 1.82) is 0 Å².